The monoisotopic (exact) mass is 446 g/mol. The lowest BCUT2D eigenvalue weighted by atomic mass is 10.1. The highest BCUT2D eigenvalue weighted by Gasteiger charge is 2.28. The van der Waals surface area contributed by atoms with Crippen LogP contribution in [0.3, 0.4) is 0 Å². The first kappa shape index (κ1) is 21.3. The van der Waals surface area contributed by atoms with E-state index in [0.29, 0.717) is 47.4 Å². The predicted molar refractivity (Wildman–Crippen MR) is 125 cm³/mol. The van der Waals surface area contributed by atoms with E-state index >= 15 is 0 Å². The highest BCUT2D eigenvalue weighted by atomic mass is 16.5. The van der Waals surface area contributed by atoms with Gasteiger partial charge in [-0.15, -0.1) is 0 Å². The minimum absolute atomic E-state index is 0.0462. The van der Waals surface area contributed by atoms with Crippen molar-refractivity contribution in [1.29, 1.82) is 0 Å². The molecule has 8 nitrogen and oxygen atoms in total. The number of morpholine rings is 1. The van der Waals surface area contributed by atoms with Crippen LogP contribution in [-0.2, 0) is 17.7 Å². The first-order chi connectivity index (χ1) is 15.9. The molecule has 3 heterocycles. The van der Waals surface area contributed by atoms with E-state index in [1.165, 1.54) is 0 Å². The molecular weight excluding hydrogens is 420 g/mol. The zero-order valence-corrected chi connectivity index (χ0v) is 18.7. The molecule has 0 aliphatic carbocycles. The second kappa shape index (κ2) is 8.44. The van der Waals surface area contributed by atoms with Crippen molar-refractivity contribution >= 4 is 28.4 Å². The van der Waals surface area contributed by atoms with Crippen molar-refractivity contribution in [3.63, 3.8) is 0 Å². The van der Waals surface area contributed by atoms with Crippen LogP contribution >= 0.6 is 0 Å². The molecule has 2 atom stereocenters. The van der Waals surface area contributed by atoms with Gasteiger partial charge in [0.25, 0.3) is 17.4 Å². The molecule has 8 heteroatoms. The van der Waals surface area contributed by atoms with Crippen LogP contribution in [0.4, 0.5) is 5.69 Å². The van der Waals surface area contributed by atoms with Gasteiger partial charge in [0.1, 0.15) is 5.82 Å². The van der Waals surface area contributed by atoms with Crippen LogP contribution in [0.25, 0.3) is 10.9 Å². The lowest BCUT2D eigenvalue weighted by Crippen LogP contribution is -2.48. The maximum atomic E-state index is 13.2. The fourth-order valence-corrected chi connectivity index (χ4v) is 4.71. The van der Waals surface area contributed by atoms with Crippen molar-refractivity contribution in [2.75, 3.05) is 18.4 Å². The minimum atomic E-state index is -0.358. The van der Waals surface area contributed by atoms with Crippen molar-refractivity contribution in [3.8, 4) is 0 Å². The van der Waals surface area contributed by atoms with E-state index in [9.17, 15) is 14.4 Å². The van der Waals surface area contributed by atoms with Crippen molar-refractivity contribution < 1.29 is 14.3 Å². The van der Waals surface area contributed by atoms with Crippen LogP contribution in [-0.4, -0.2) is 51.6 Å². The smallest absolute Gasteiger partial charge is 0.261 e. The molecule has 0 saturated carbocycles. The fourth-order valence-electron chi connectivity index (χ4n) is 4.71. The number of hydrogen-bond donors (Lipinski definition) is 1. The standard InChI is InChI=1S/C25H26N4O4/c1-15-13-28(14-16(2)33-15)24(31)18-6-3-4-7-20(18)27-23(30)17-9-10-19-21(12-17)26-22-8-5-11-29(22)25(19)32/h3-4,6-7,9-10,12,15-16H,5,8,11,13-14H2,1-2H3,(H,27,30)/t15-,16+. The number of nitrogens with zero attached hydrogens (tertiary/aromatic N) is 3. The fraction of sp³-hybridized carbons (Fsp3) is 0.360. The summed E-state index contributed by atoms with van der Waals surface area (Å²) < 4.78 is 7.44. The molecule has 0 unspecified atom stereocenters. The summed E-state index contributed by atoms with van der Waals surface area (Å²) >= 11 is 0. The summed E-state index contributed by atoms with van der Waals surface area (Å²) in [5.74, 6) is 0.259. The molecule has 0 bridgehead atoms. The molecule has 3 aromatic rings. The Morgan fingerprint density at radius 2 is 1.85 bits per heavy atom. The van der Waals surface area contributed by atoms with E-state index in [1.54, 1.807) is 51.9 Å². The number of rotatable bonds is 3. The van der Waals surface area contributed by atoms with Gasteiger partial charge >= 0.3 is 0 Å². The zero-order chi connectivity index (χ0) is 23.1. The SMILES string of the molecule is C[C@@H]1CN(C(=O)c2ccccc2NC(=O)c2ccc3c(=O)n4c(nc3c2)CCC4)C[C@H](C)O1. The molecule has 2 amide bonds. The van der Waals surface area contributed by atoms with E-state index in [1.807, 2.05) is 13.8 Å². The average Bonchev–Trinajstić information content (AvgIpc) is 3.27. The van der Waals surface area contributed by atoms with E-state index in [-0.39, 0.29) is 29.6 Å². The molecule has 170 valence electrons. The zero-order valence-electron chi connectivity index (χ0n) is 18.7. The van der Waals surface area contributed by atoms with E-state index in [4.69, 9.17) is 4.74 Å². The molecule has 5 rings (SSSR count). The lowest BCUT2D eigenvalue weighted by molar-refractivity contribution is -0.0585. The summed E-state index contributed by atoms with van der Waals surface area (Å²) in [5, 5.41) is 3.38. The number of carbonyl (C=O) groups excluding carboxylic acids is 2. The Labute approximate surface area is 191 Å². The van der Waals surface area contributed by atoms with E-state index in [2.05, 4.69) is 10.3 Å². The Hall–Kier alpha value is -3.52. The summed E-state index contributed by atoms with van der Waals surface area (Å²) in [6, 6.07) is 11.9. The predicted octanol–water partition coefficient (Wildman–Crippen LogP) is 2.84. The highest BCUT2D eigenvalue weighted by Crippen LogP contribution is 2.22. The van der Waals surface area contributed by atoms with Crippen molar-refractivity contribution in [3.05, 3.63) is 69.8 Å². The molecule has 0 radical (unpaired) electrons. The number of aryl methyl sites for hydroxylation is 1. The van der Waals surface area contributed by atoms with Gasteiger partial charge in [-0.2, -0.15) is 0 Å². The molecule has 33 heavy (non-hydrogen) atoms. The summed E-state index contributed by atoms with van der Waals surface area (Å²) in [4.78, 5) is 45.3. The summed E-state index contributed by atoms with van der Waals surface area (Å²) in [6.45, 7) is 5.57. The number of para-hydroxylation sites is 1. The number of amides is 2. The number of hydrogen-bond acceptors (Lipinski definition) is 5. The maximum absolute atomic E-state index is 13.2. The molecule has 1 N–H and O–H groups in total. The first-order valence-corrected chi connectivity index (χ1v) is 11.3. The Bertz CT molecular complexity index is 1310. The second-order valence-corrected chi connectivity index (χ2v) is 8.79. The minimum Gasteiger partial charge on any atom is -0.372 e. The molecule has 2 aromatic carbocycles. The van der Waals surface area contributed by atoms with Crippen molar-refractivity contribution in [2.45, 2.75) is 45.4 Å². The Kier molecular flexibility index (Phi) is 5.46. The quantitative estimate of drug-likeness (QED) is 0.668. The molecule has 1 saturated heterocycles. The molecular formula is C25H26N4O4. The number of fused-ring (bicyclic) bond motifs is 2. The van der Waals surface area contributed by atoms with Crippen LogP contribution in [0.15, 0.2) is 47.3 Å². The van der Waals surface area contributed by atoms with Gasteiger partial charge < -0.3 is 15.0 Å². The summed E-state index contributed by atoms with van der Waals surface area (Å²) in [5.41, 5.74) is 1.71. The molecule has 1 fully saturated rings. The van der Waals surface area contributed by atoms with Crippen LogP contribution in [0.2, 0.25) is 0 Å². The second-order valence-electron chi connectivity index (χ2n) is 8.79. The van der Waals surface area contributed by atoms with Gasteiger partial charge in [-0.25, -0.2) is 4.98 Å². The van der Waals surface area contributed by atoms with Gasteiger partial charge in [0, 0.05) is 31.6 Å². The first-order valence-electron chi connectivity index (χ1n) is 11.3. The van der Waals surface area contributed by atoms with Gasteiger partial charge in [0.2, 0.25) is 0 Å². The third-order valence-corrected chi connectivity index (χ3v) is 6.19. The average molecular weight is 447 g/mol. The molecule has 2 aliphatic rings. The van der Waals surface area contributed by atoms with Crippen LogP contribution in [0, 0.1) is 0 Å². The third kappa shape index (κ3) is 4.02. The summed E-state index contributed by atoms with van der Waals surface area (Å²) in [7, 11) is 0. The van der Waals surface area contributed by atoms with Crippen molar-refractivity contribution in [2.24, 2.45) is 0 Å². The van der Waals surface area contributed by atoms with E-state index < -0.39 is 0 Å². The number of aromatic nitrogens is 2. The van der Waals surface area contributed by atoms with Gasteiger partial charge in [-0.05, 0) is 50.6 Å². The highest BCUT2D eigenvalue weighted by molar-refractivity contribution is 6.10. The van der Waals surface area contributed by atoms with Gasteiger partial charge in [-0.1, -0.05) is 12.1 Å². The van der Waals surface area contributed by atoms with E-state index in [0.717, 1.165) is 18.7 Å². The Balaban J connectivity index is 1.42. The normalized spacial score (nSPS) is 20.0. The van der Waals surface area contributed by atoms with Crippen molar-refractivity contribution in [1.82, 2.24) is 14.5 Å². The number of anilines is 1. The molecule has 1 aromatic heterocycles. The van der Waals surface area contributed by atoms with Gasteiger partial charge in [-0.3, -0.25) is 19.0 Å². The maximum Gasteiger partial charge on any atom is 0.261 e. The Morgan fingerprint density at radius 3 is 2.64 bits per heavy atom. The molecule has 2 aliphatic heterocycles. The number of nitrogens with one attached hydrogen (secondary N) is 1. The lowest BCUT2D eigenvalue weighted by Gasteiger charge is -2.35. The number of carbonyl (C=O) groups is 2. The molecule has 0 spiro atoms. The van der Waals surface area contributed by atoms with Gasteiger partial charge in [0.05, 0.1) is 34.4 Å². The topological polar surface area (TPSA) is 93.5 Å². The largest absolute Gasteiger partial charge is 0.372 e. The van der Waals surface area contributed by atoms with Crippen LogP contribution < -0.4 is 10.9 Å². The number of ether oxygens (including phenoxy) is 1. The number of benzene rings is 2. The van der Waals surface area contributed by atoms with Crippen LogP contribution in [0.5, 0.6) is 0 Å². The Morgan fingerprint density at radius 1 is 1.09 bits per heavy atom. The van der Waals surface area contributed by atoms with Gasteiger partial charge in [0.15, 0.2) is 0 Å². The summed E-state index contributed by atoms with van der Waals surface area (Å²) in [6.07, 6.45) is 1.57. The third-order valence-electron chi connectivity index (χ3n) is 6.19. The van der Waals surface area contributed by atoms with Crippen LogP contribution in [0.1, 0.15) is 46.8 Å².